The average Bonchev–Trinajstić information content (AvgIpc) is 3.02. The maximum absolute atomic E-state index is 5.61. The van der Waals surface area contributed by atoms with E-state index in [1.807, 2.05) is 19.2 Å². The third-order valence-corrected chi connectivity index (χ3v) is 3.62. The smallest absolute Gasteiger partial charge is 0.130 e. The zero-order valence-corrected chi connectivity index (χ0v) is 11.5. The Morgan fingerprint density at radius 3 is 3.20 bits per heavy atom. The van der Waals surface area contributed by atoms with Crippen molar-refractivity contribution in [1.82, 2.24) is 20.1 Å². The van der Waals surface area contributed by atoms with E-state index in [4.69, 9.17) is 4.74 Å². The Morgan fingerprint density at radius 2 is 2.40 bits per heavy atom. The minimum atomic E-state index is 0.219. The summed E-state index contributed by atoms with van der Waals surface area (Å²) in [5, 5.41) is 10.2. The Bertz CT molecular complexity index is 542. The van der Waals surface area contributed by atoms with E-state index >= 15 is 0 Å². The van der Waals surface area contributed by atoms with Crippen molar-refractivity contribution < 1.29 is 4.74 Å². The lowest BCUT2D eigenvalue weighted by Gasteiger charge is -2.35. The fraction of sp³-hybridized carbons (Fsp3) is 0.429. The van der Waals surface area contributed by atoms with Crippen LogP contribution in [-0.2, 0) is 11.3 Å². The van der Waals surface area contributed by atoms with Gasteiger partial charge in [-0.25, -0.2) is 4.98 Å². The lowest BCUT2D eigenvalue weighted by Crippen LogP contribution is -2.39. The molecule has 1 aliphatic heterocycles. The van der Waals surface area contributed by atoms with Crippen molar-refractivity contribution in [1.29, 1.82) is 0 Å². The highest BCUT2D eigenvalue weighted by molar-refractivity contribution is 5.42. The van der Waals surface area contributed by atoms with Crippen LogP contribution in [0.4, 0.5) is 5.82 Å². The van der Waals surface area contributed by atoms with Crippen LogP contribution >= 0.6 is 0 Å². The van der Waals surface area contributed by atoms with Gasteiger partial charge in [0.1, 0.15) is 5.82 Å². The molecule has 0 amide bonds. The van der Waals surface area contributed by atoms with Gasteiger partial charge >= 0.3 is 0 Å². The minimum Gasteiger partial charge on any atom is -0.378 e. The number of hydrogen-bond donors (Lipinski definition) is 2. The summed E-state index contributed by atoms with van der Waals surface area (Å²) in [5.74, 6) is 0.933. The number of pyridine rings is 1. The molecule has 1 aliphatic rings. The van der Waals surface area contributed by atoms with Crippen molar-refractivity contribution >= 4 is 5.82 Å². The largest absolute Gasteiger partial charge is 0.378 e. The number of nitrogens with zero attached hydrogens (tertiary/aromatic N) is 3. The van der Waals surface area contributed by atoms with Crippen LogP contribution in [0.5, 0.6) is 0 Å². The first-order valence-electron chi connectivity index (χ1n) is 6.81. The molecular formula is C14H19N5O. The molecule has 2 aromatic rings. The van der Waals surface area contributed by atoms with Gasteiger partial charge in [0.15, 0.2) is 0 Å². The average molecular weight is 273 g/mol. The highest BCUT2D eigenvalue weighted by Gasteiger charge is 2.26. The molecule has 0 unspecified atom stereocenters. The van der Waals surface area contributed by atoms with E-state index in [1.54, 1.807) is 12.4 Å². The molecular weight excluding hydrogens is 254 g/mol. The van der Waals surface area contributed by atoms with Gasteiger partial charge in [0.25, 0.3) is 0 Å². The zero-order chi connectivity index (χ0) is 13.8. The number of aromatic amines is 1. The molecule has 3 rings (SSSR count). The van der Waals surface area contributed by atoms with E-state index in [-0.39, 0.29) is 6.04 Å². The molecule has 2 aromatic heterocycles. The summed E-state index contributed by atoms with van der Waals surface area (Å²) in [6.45, 7) is 3.20. The van der Waals surface area contributed by atoms with Gasteiger partial charge in [0, 0.05) is 38.1 Å². The molecule has 0 saturated carbocycles. The van der Waals surface area contributed by atoms with Gasteiger partial charge in [-0.2, -0.15) is 5.10 Å². The number of ether oxygens (including phenoxy) is 1. The Morgan fingerprint density at radius 1 is 1.45 bits per heavy atom. The molecule has 20 heavy (non-hydrogen) atoms. The monoisotopic (exact) mass is 273 g/mol. The second-order valence-corrected chi connectivity index (χ2v) is 4.83. The van der Waals surface area contributed by atoms with E-state index in [9.17, 15) is 0 Å². The predicted octanol–water partition coefficient (Wildman–Crippen LogP) is 1.42. The molecule has 1 atom stereocenters. The van der Waals surface area contributed by atoms with Crippen molar-refractivity contribution in [2.24, 2.45) is 0 Å². The van der Waals surface area contributed by atoms with E-state index in [0.717, 1.165) is 31.2 Å². The van der Waals surface area contributed by atoms with Crippen LogP contribution in [0, 0.1) is 0 Å². The first-order chi connectivity index (χ1) is 9.88. The predicted molar refractivity (Wildman–Crippen MR) is 76.3 cm³/mol. The number of morpholine rings is 1. The van der Waals surface area contributed by atoms with Crippen LogP contribution in [0.1, 0.15) is 17.3 Å². The molecule has 0 spiro atoms. The summed E-state index contributed by atoms with van der Waals surface area (Å²) in [5.41, 5.74) is 2.29. The van der Waals surface area contributed by atoms with Crippen LogP contribution in [0.25, 0.3) is 0 Å². The summed E-state index contributed by atoms with van der Waals surface area (Å²) >= 11 is 0. The first-order valence-corrected chi connectivity index (χ1v) is 6.81. The number of aromatic nitrogens is 3. The molecule has 2 N–H and O–H groups in total. The van der Waals surface area contributed by atoms with Crippen LogP contribution in [-0.4, -0.2) is 46.9 Å². The molecule has 1 saturated heterocycles. The summed E-state index contributed by atoms with van der Waals surface area (Å²) < 4.78 is 5.61. The molecule has 0 aromatic carbocycles. The summed E-state index contributed by atoms with van der Waals surface area (Å²) in [7, 11) is 1.90. The van der Waals surface area contributed by atoms with Crippen molar-refractivity contribution in [2.75, 3.05) is 32.1 Å². The highest BCUT2D eigenvalue weighted by atomic mass is 16.5. The van der Waals surface area contributed by atoms with Gasteiger partial charge in [-0.05, 0) is 12.1 Å². The first kappa shape index (κ1) is 13.1. The Balaban J connectivity index is 1.80. The van der Waals surface area contributed by atoms with Gasteiger partial charge < -0.3 is 10.1 Å². The second-order valence-electron chi connectivity index (χ2n) is 4.83. The number of rotatable bonds is 4. The van der Waals surface area contributed by atoms with E-state index in [0.29, 0.717) is 6.61 Å². The summed E-state index contributed by atoms with van der Waals surface area (Å²) in [4.78, 5) is 6.76. The van der Waals surface area contributed by atoms with Crippen LogP contribution < -0.4 is 5.32 Å². The zero-order valence-electron chi connectivity index (χ0n) is 11.5. The molecule has 6 nitrogen and oxygen atoms in total. The number of H-pyrrole nitrogens is 1. The second kappa shape index (κ2) is 6.02. The van der Waals surface area contributed by atoms with Crippen LogP contribution in [0.15, 0.2) is 30.6 Å². The van der Waals surface area contributed by atoms with E-state index in [1.165, 1.54) is 5.56 Å². The van der Waals surface area contributed by atoms with E-state index < -0.39 is 0 Å². The highest BCUT2D eigenvalue weighted by Crippen LogP contribution is 2.25. The van der Waals surface area contributed by atoms with Gasteiger partial charge in [-0.3, -0.25) is 10.00 Å². The molecule has 0 radical (unpaired) electrons. The molecule has 0 aliphatic carbocycles. The third-order valence-electron chi connectivity index (χ3n) is 3.62. The maximum Gasteiger partial charge on any atom is 0.130 e. The maximum atomic E-state index is 5.61. The van der Waals surface area contributed by atoms with Crippen molar-refractivity contribution in [3.63, 3.8) is 0 Å². The van der Waals surface area contributed by atoms with Crippen molar-refractivity contribution in [3.8, 4) is 0 Å². The summed E-state index contributed by atoms with van der Waals surface area (Å²) in [6, 6.07) is 6.31. The lowest BCUT2D eigenvalue weighted by molar-refractivity contribution is -0.0142. The lowest BCUT2D eigenvalue weighted by atomic mass is 10.1. The normalized spacial score (nSPS) is 19.9. The van der Waals surface area contributed by atoms with Gasteiger partial charge in [0.05, 0.1) is 24.9 Å². The Labute approximate surface area is 118 Å². The van der Waals surface area contributed by atoms with Gasteiger partial charge in [-0.15, -0.1) is 0 Å². The Hall–Kier alpha value is -1.92. The summed E-state index contributed by atoms with van der Waals surface area (Å²) in [6.07, 6.45) is 3.59. The fourth-order valence-electron chi connectivity index (χ4n) is 2.58. The van der Waals surface area contributed by atoms with Crippen LogP contribution in [0.2, 0.25) is 0 Å². The van der Waals surface area contributed by atoms with E-state index in [2.05, 4.69) is 31.5 Å². The third kappa shape index (κ3) is 2.66. The molecule has 3 heterocycles. The SMILES string of the molecule is CNc1ncccc1CN1CCOC[C@@H]1c1ccn[nH]1. The standard InChI is InChI=1S/C14H19N5O/c1-15-14-11(3-2-5-16-14)9-19-7-8-20-10-13(19)12-4-6-17-18-12/h2-6,13H,7-10H2,1H3,(H,15,16)(H,17,18)/t13-/m1/s1. The van der Waals surface area contributed by atoms with Crippen LogP contribution in [0.3, 0.4) is 0 Å². The number of anilines is 1. The van der Waals surface area contributed by atoms with Gasteiger partial charge in [-0.1, -0.05) is 6.07 Å². The molecule has 106 valence electrons. The number of hydrogen-bond acceptors (Lipinski definition) is 5. The fourth-order valence-corrected chi connectivity index (χ4v) is 2.58. The Kier molecular flexibility index (Phi) is 3.94. The minimum absolute atomic E-state index is 0.219. The van der Waals surface area contributed by atoms with Gasteiger partial charge in [0.2, 0.25) is 0 Å². The van der Waals surface area contributed by atoms with Crippen molar-refractivity contribution in [2.45, 2.75) is 12.6 Å². The van der Waals surface area contributed by atoms with Crippen molar-refractivity contribution in [3.05, 3.63) is 41.9 Å². The number of nitrogens with one attached hydrogen (secondary N) is 2. The molecule has 6 heteroatoms. The topological polar surface area (TPSA) is 66.1 Å². The molecule has 1 fully saturated rings. The quantitative estimate of drug-likeness (QED) is 0.882. The molecule has 0 bridgehead atoms.